The van der Waals surface area contributed by atoms with Gasteiger partial charge in [-0.3, -0.25) is 0 Å². The molecule has 2 aromatic rings. The first-order chi connectivity index (χ1) is 10.3. The van der Waals surface area contributed by atoms with E-state index in [1.165, 1.54) is 18.4 Å². The molecular formula is C17H20N2O2. The Hall–Kier alpha value is -2.23. The number of hydrogen-bond acceptors (Lipinski definition) is 4. The predicted molar refractivity (Wildman–Crippen MR) is 82.5 cm³/mol. The molecule has 1 aliphatic carbocycles. The number of benzene rings is 1. The maximum atomic E-state index is 5.87. The summed E-state index contributed by atoms with van der Waals surface area (Å²) in [4.78, 5) is 4.33. The summed E-state index contributed by atoms with van der Waals surface area (Å²) in [7, 11) is 0. The van der Waals surface area contributed by atoms with Gasteiger partial charge in [0, 0.05) is 12.5 Å². The van der Waals surface area contributed by atoms with E-state index in [0.717, 1.165) is 6.42 Å². The first-order valence-electron chi connectivity index (χ1n) is 7.37. The minimum atomic E-state index is 0.485. The van der Waals surface area contributed by atoms with Gasteiger partial charge >= 0.3 is 0 Å². The molecule has 0 aliphatic heterocycles. The molecule has 4 nitrogen and oxygen atoms in total. The summed E-state index contributed by atoms with van der Waals surface area (Å²) in [5, 5.41) is 0. The minimum absolute atomic E-state index is 0.485. The Labute approximate surface area is 124 Å². The zero-order chi connectivity index (χ0) is 14.5. The fourth-order valence-electron chi connectivity index (χ4n) is 2.03. The van der Waals surface area contributed by atoms with Crippen molar-refractivity contribution in [3.8, 4) is 11.8 Å². The zero-order valence-electron chi connectivity index (χ0n) is 12.0. The van der Waals surface area contributed by atoms with Crippen LogP contribution < -0.4 is 15.2 Å². The van der Waals surface area contributed by atoms with Crippen LogP contribution in [0, 0.1) is 5.92 Å². The molecule has 0 amide bonds. The van der Waals surface area contributed by atoms with Crippen LogP contribution in [0.4, 0.5) is 5.69 Å². The number of ether oxygens (including phenoxy) is 2. The van der Waals surface area contributed by atoms with Crippen molar-refractivity contribution in [1.29, 1.82) is 0 Å². The minimum Gasteiger partial charge on any atom is -0.477 e. The molecule has 0 saturated heterocycles. The third-order valence-corrected chi connectivity index (χ3v) is 3.50. The van der Waals surface area contributed by atoms with Crippen LogP contribution in [0.1, 0.15) is 18.4 Å². The molecule has 21 heavy (non-hydrogen) atoms. The maximum Gasteiger partial charge on any atom is 0.240 e. The van der Waals surface area contributed by atoms with Crippen LogP contribution >= 0.6 is 0 Å². The SMILES string of the molecule is Nc1ccc(OCCc2ccccc2)nc1OCC1CC1. The lowest BCUT2D eigenvalue weighted by atomic mass is 10.2. The van der Waals surface area contributed by atoms with E-state index in [4.69, 9.17) is 15.2 Å². The maximum absolute atomic E-state index is 5.87. The summed E-state index contributed by atoms with van der Waals surface area (Å²) in [6.45, 7) is 1.29. The molecule has 0 atom stereocenters. The van der Waals surface area contributed by atoms with Crippen molar-refractivity contribution in [3.05, 3.63) is 48.0 Å². The molecule has 1 aromatic carbocycles. The van der Waals surface area contributed by atoms with Gasteiger partial charge in [0.05, 0.1) is 18.9 Å². The van der Waals surface area contributed by atoms with Gasteiger partial charge in [-0.15, -0.1) is 0 Å². The van der Waals surface area contributed by atoms with Gasteiger partial charge in [0.25, 0.3) is 0 Å². The van der Waals surface area contributed by atoms with Crippen molar-refractivity contribution in [2.75, 3.05) is 18.9 Å². The number of nitrogen functional groups attached to an aromatic ring is 1. The summed E-state index contributed by atoms with van der Waals surface area (Å²) in [5.74, 6) is 1.72. The average Bonchev–Trinajstić information content (AvgIpc) is 3.33. The van der Waals surface area contributed by atoms with Crippen LogP contribution in [0.25, 0.3) is 0 Å². The molecule has 4 heteroatoms. The summed E-state index contributed by atoms with van der Waals surface area (Å²) >= 11 is 0. The lowest BCUT2D eigenvalue weighted by molar-refractivity contribution is 0.273. The molecule has 0 radical (unpaired) electrons. The second-order valence-electron chi connectivity index (χ2n) is 5.38. The Bertz CT molecular complexity index is 583. The number of rotatable bonds is 7. The number of nitrogens with two attached hydrogens (primary N) is 1. The van der Waals surface area contributed by atoms with Gasteiger partial charge < -0.3 is 15.2 Å². The normalized spacial score (nSPS) is 13.9. The topological polar surface area (TPSA) is 57.4 Å². The third kappa shape index (κ3) is 4.12. The molecule has 0 unspecified atom stereocenters. The number of aromatic nitrogens is 1. The van der Waals surface area contributed by atoms with Gasteiger partial charge in [-0.1, -0.05) is 30.3 Å². The molecule has 1 aromatic heterocycles. The van der Waals surface area contributed by atoms with E-state index in [9.17, 15) is 0 Å². The molecule has 1 aliphatic rings. The summed E-state index contributed by atoms with van der Waals surface area (Å²) < 4.78 is 11.3. The van der Waals surface area contributed by atoms with Gasteiger partial charge in [0.1, 0.15) is 0 Å². The number of pyridine rings is 1. The van der Waals surface area contributed by atoms with Crippen LogP contribution in [0.2, 0.25) is 0 Å². The smallest absolute Gasteiger partial charge is 0.240 e. The van der Waals surface area contributed by atoms with Gasteiger partial charge in [-0.25, -0.2) is 0 Å². The summed E-state index contributed by atoms with van der Waals surface area (Å²) in [6.07, 6.45) is 3.34. The summed E-state index contributed by atoms with van der Waals surface area (Å²) in [6, 6.07) is 13.8. The monoisotopic (exact) mass is 284 g/mol. The molecule has 1 saturated carbocycles. The van der Waals surface area contributed by atoms with E-state index >= 15 is 0 Å². The second-order valence-corrected chi connectivity index (χ2v) is 5.38. The van der Waals surface area contributed by atoms with E-state index in [2.05, 4.69) is 17.1 Å². The van der Waals surface area contributed by atoms with Crippen molar-refractivity contribution < 1.29 is 9.47 Å². The predicted octanol–water partition coefficient (Wildman–Crippen LogP) is 3.07. The van der Waals surface area contributed by atoms with E-state index in [-0.39, 0.29) is 0 Å². The molecule has 0 bridgehead atoms. The lowest BCUT2D eigenvalue weighted by Gasteiger charge is -2.10. The van der Waals surface area contributed by atoms with Crippen molar-refractivity contribution in [2.24, 2.45) is 5.92 Å². The zero-order valence-corrected chi connectivity index (χ0v) is 12.0. The van der Waals surface area contributed by atoms with E-state index in [1.807, 2.05) is 18.2 Å². The molecule has 1 fully saturated rings. The first-order valence-corrected chi connectivity index (χ1v) is 7.37. The van der Waals surface area contributed by atoms with Gasteiger partial charge in [0.2, 0.25) is 11.8 Å². The highest BCUT2D eigenvalue weighted by molar-refractivity contribution is 5.49. The fourth-order valence-corrected chi connectivity index (χ4v) is 2.03. The quantitative estimate of drug-likeness (QED) is 0.849. The van der Waals surface area contributed by atoms with Crippen LogP contribution in [0.3, 0.4) is 0 Å². The fraction of sp³-hybridized carbons (Fsp3) is 0.353. The Morgan fingerprint density at radius 2 is 1.86 bits per heavy atom. The van der Waals surface area contributed by atoms with E-state index in [0.29, 0.717) is 36.6 Å². The first kappa shape index (κ1) is 13.7. The van der Waals surface area contributed by atoms with Crippen LogP contribution in [0.5, 0.6) is 11.8 Å². The molecule has 1 heterocycles. The molecule has 110 valence electrons. The third-order valence-electron chi connectivity index (χ3n) is 3.50. The van der Waals surface area contributed by atoms with Crippen molar-refractivity contribution in [1.82, 2.24) is 4.98 Å². The Morgan fingerprint density at radius 1 is 1.05 bits per heavy atom. The molecule has 3 rings (SSSR count). The van der Waals surface area contributed by atoms with Crippen molar-refractivity contribution in [3.63, 3.8) is 0 Å². The second kappa shape index (κ2) is 6.48. The van der Waals surface area contributed by atoms with Gasteiger partial charge in [-0.2, -0.15) is 4.98 Å². The standard InChI is InChI=1S/C17H20N2O2/c18-15-8-9-16(19-17(15)21-12-14-6-7-14)20-11-10-13-4-2-1-3-5-13/h1-5,8-9,14H,6-7,10-12,18H2. The van der Waals surface area contributed by atoms with Crippen molar-refractivity contribution >= 4 is 5.69 Å². The number of anilines is 1. The van der Waals surface area contributed by atoms with Crippen LogP contribution in [-0.4, -0.2) is 18.2 Å². The van der Waals surface area contributed by atoms with Gasteiger partial charge in [0.15, 0.2) is 0 Å². The van der Waals surface area contributed by atoms with Crippen LogP contribution in [-0.2, 0) is 6.42 Å². The molecular weight excluding hydrogens is 264 g/mol. The Balaban J connectivity index is 1.53. The highest BCUT2D eigenvalue weighted by Crippen LogP contribution is 2.30. The van der Waals surface area contributed by atoms with Gasteiger partial charge in [-0.05, 0) is 30.4 Å². The Kier molecular flexibility index (Phi) is 4.24. The number of nitrogens with zero attached hydrogens (tertiary/aromatic N) is 1. The lowest BCUT2D eigenvalue weighted by Crippen LogP contribution is -2.06. The highest BCUT2D eigenvalue weighted by Gasteiger charge is 2.22. The van der Waals surface area contributed by atoms with E-state index in [1.54, 1.807) is 12.1 Å². The highest BCUT2D eigenvalue weighted by atomic mass is 16.5. The number of hydrogen-bond donors (Lipinski definition) is 1. The average molecular weight is 284 g/mol. The van der Waals surface area contributed by atoms with Crippen molar-refractivity contribution in [2.45, 2.75) is 19.3 Å². The van der Waals surface area contributed by atoms with E-state index < -0.39 is 0 Å². The summed E-state index contributed by atoms with van der Waals surface area (Å²) in [5.41, 5.74) is 7.68. The Morgan fingerprint density at radius 3 is 2.62 bits per heavy atom. The largest absolute Gasteiger partial charge is 0.477 e. The van der Waals surface area contributed by atoms with Crippen LogP contribution in [0.15, 0.2) is 42.5 Å². The molecule has 0 spiro atoms. The molecule has 2 N–H and O–H groups in total.